The van der Waals surface area contributed by atoms with Crippen molar-refractivity contribution >= 4 is 0 Å². The molecule has 0 heterocycles. The molecule has 1 aliphatic carbocycles. The monoisotopic (exact) mass is 153 g/mol. The minimum Gasteiger partial charge on any atom is -0.311 e. The molecule has 1 rings (SSSR count). The number of hydrogen-bond donors (Lipinski definition) is 1. The number of likely N-dealkylation sites (N-methyl/N-ethyl adjacent to an activating group) is 1. The fourth-order valence-corrected chi connectivity index (χ4v) is 1.63. The van der Waals surface area contributed by atoms with Gasteiger partial charge in [0.2, 0.25) is 0 Å². The van der Waals surface area contributed by atoms with Crippen molar-refractivity contribution in [3.63, 3.8) is 0 Å². The summed E-state index contributed by atoms with van der Waals surface area (Å²) in [6.45, 7) is 9.37. The van der Waals surface area contributed by atoms with E-state index in [1.807, 2.05) is 6.08 Å². The van der Waals surface area contributed by atoms with E-state index in [9.17, 15) is 0 Å². The predicted octanol–water partition coefficient (Wildman–Crippen LogP) is 2.20. The second-order valence-electron chi connectivity index (χ2n) is 3.52. The maximum Gasteiger partial charge on any atom is 0.0275 e. The normalized spacial score (nSPS) is 22.7. The summed E-state index contributed by atoms with van der Waals surface area (Å²) in [4.78, 5) is 0. The Labute approximate surface area is 69.9 Å². The van der Waals surface area contributed by atoms with Crippen LogP contribution in [0.25, 0.3) is 0 Å². The van der Waals surface area contributed by atoms with Crippen LogP contribution < -0.4 is 5.32 Å². The minimum absolute atomic E-state index is 0.535. The SMILES string of the molecule is C=CC(NCC)C(C)C1CC1. The van der Waals surface area contributed by atoms with Gasteiger partial charge in [-0.2, -0.15) is 0 Å². The Balaban J connectivity index is 2.32. The minimum atomic E-state index is 0.535. The highest BCUT2D eigenvalue weighted by Gasteiger charge is 2.31. The van der Waals surface area contributed by atoms with Crippen molar-refractivity contribution in [2.24, 2.45) is 11.8 Å². The second kappa shape index (κ2) is 3.91. The lowest BCUT2D eigenvalue weighted by Gasteiger charge is -2.20. The Morgan fingerprint density at radius 1 is 1.64 bits per heavy atom. The molecular weight excluding hydrogens is 134 g/mol. The van der Waals surface area contributed by atoms with Crippen LogP contribution in [0.1, 0.15) is 26.7 Å². The first kappa shape index (κ1) is 8.79. The Bertz CT molecular complexity index is 127. The van der Waals surface area contributed by atoms with Crippen LogP contribution in [-0.4, -0.2) is 12.6 Å². The van der Waals surface area contributed by atoms with Crippen LogP contribution in [0.4, 0.5) is 0 Å². The van der Waals surface area contributed by atoms with Gasteiger partial charge in [0.05, 0.1) is 0 Å². The molecule has 1 saturated carbocycles. The zero-order valence-electron chi connectivity index (χ0n) is 7.64. The highest BCUT2D eigenvalue weighted by molar-refractivity contribution is 4.95. The average molecular weight is 153 g/mol. The highest BCUT2D eigenvalue weighted by atomic mass is 14.9. The van der Waals surface area contributed by atoms with Crippen molar-refractivity contribution in [2.75, 3.05) is 6.54 Å². The van der Waals surface area contributed by atoms with E-state index in [-0.39, 0.29) is 0 Å². The molecule has 0 radical (unpaired) electrons. The third kappa shape index (κ3) is 2.33. The van der Waals surface area contributed by atoms with Gasteiger partial charge in [0.25, 0.3) is 0 Å². The molecule has 1 heteroatoms. The summed E-state index contributed by atoms with van der Waals surface area (Å²) >= 11 is 0. The first-order chi connectivity index (χ1) is 5.29. The first-order valence-corrected chi connectivity index (χ1v) is 4.65. The zero-order chi connectivity index (χ0) is 8.27. The molecule has 0 aromatic carbocycles. The van der Waals surface area contributed by atoms with E-state index in [1.165, 1.54) is 12.8 Å². The van der Waals surface area contributed by atoms with Gasteiger partial charge >= 0.3 is 0 Å². The zero-order valence-corrected chi connectivity index (χ0v) is 7.64. The Kier molecular flexibility index (Phi) is 3.13. The van der Waals surface area contributed by atoms with E-state index < -0.39 is 0 Å². The number of nitrogens with one attached hydrogen (secondary N) is 1. The van der Waals surface area contributed by atoms with Gasteiger partial charge < -0.3 is 5.32 Å². The van der Waals surface area contributed by atoms with E-state index in [1.54, 1.807) is 0 Å². The van der Waals surface area contributed by atoms with Crippen molar-refractivity contribution < 1.29 is 0 Å². The summed E-state index contributed by atoms with van der Waals surface area (Å²) in [5.41, 5.74) is 0. The van der Waals surface area contributed by atoms with Crippen LogP contribution in [0.15, 0.2) is 12.7 Å². The largest absolute Gasteiger partial charge is 0.311 e. The summed E-state index contributed by atoms with van der Waals surface area (Å²) < 4.78 is 0. The van der Waals surface area contributed by atoms with Gasteiger partial charge in [-0.15, -0.1) is 6.58 Å². The van der Waals surface area contributed by atoms with Crippen molar-refractivity contribution in [2.45, 2.75) is 32.7 Å². The molecule has 0 spiro atoms. The maximum absolute atomic E-state index is 3.85. The molecule has 1 nitrogen and oxygen atoms in total. The molecule has 2 unspecified atom stereocenters. The maximum atomic E-state index is 3.85. The fourth-order valence-electron chi connectivity index (χ4n) is 1.63. The molecular formula is C10H19N. The smallest absolute Gasteiger partial charge is 0.0275 e. The third-order valence-corrected chi connectivity index (χ3v) is 2.63. The standard InChI is InChI=1S/C10H19N/c1-4-10(11-5-2)8(3)9-6-7-9/h4,8-11H,1,5-7H2,2-3H3. The molecule has 2 atom stereocenters. The summed E-state index contributed by atoms with van der Waals surface area (Å²) in [5.74, 6) is 1.75. The molecule has 0 bridgehead atoms. The van der Waals surface area contributed by atoms with Crippen LogP contribution in [0.3, 0.4) is 0 Å². The fraction of sp³-hybridized carbons (Fsp3) is 0.800. The van der Waals surface area contributed by atoms with Crippen molar-refractivity contribution in [3.8, 4) is 0 Å². The van der Waals surface area contributed by atoms with Crippen LogP contribution >= 0.6 is 0 Å². The Morgan fingerprint density at radius 2 is 2.27 bits per heavy atom. The van der Waals surface area contributed by atoms with Crippen LogP contribution in [0.5, 0.6) is 0 Å². The molecule has 11 heavy (non-hydrogen) atoms. The molecule has 0 aliphatic heterocycles. The van der Waals surface area contributed by atoms with Crippen molar-refractivity contribution in [3.05, 3.63) is 12.7 Å². The topological polar surface area (TPSA) is 12.0 Å². The summed E-state index contributed by atoms with van der Waals surface area (Å²) in [6.07, 6.45) is 4.90. The van der Waals surface area contributed by atoms with E-state index in [4.69, 9.17) is 0 Å². The summed E-state index contributed by atoms with van der Waals surface area (Å²) in [6, 6.07) is 0.535. The lowest BCUT2D eigenvalue weighted by Crippen LogP contribution is -2.33. The highest BCUT2D eigenvalue weighted by Crippen LogP contribution is 2.38. The molecule has 1 aliphatic rings. The van der Waals surface area contributed by atoms with Gasteiger partial charge in [-0.25, -0.2) is 0 Å². The Hall–Kier alpha value is -0.300. The second-order valence-corrected chi connectivity index (χ2v) is 3.52. The van der Waals surface area contributed by atoms with E-state index >= 15 is 0 Å². The van der Waals surface area contributed by atoms with Gasteiger partial charge in [-0.05, 0) is 31.2 Å². The number of hydrogen-bond acceptors (Lipinski definition) is 1. The predicted molar refractivity (Wildman–Crippen MR) is 49.5 cm³/mol. The molecule has 0 aromatic rings. The van der Waals surface area contributed by atoms with E-state index in [2.05, 4.69) is 25.7 Å². The molecule has 1 N–H and O–H groups in total. The van der Waals surface area contributed by atoms with Crippen LogP contribution in [-0.2, 0) is 0 Å². The number of rotatable bonds is 5. The molecule has 1 fully saturated rings. The first-order valence-electron chi connectivity index (χ1n) is 4.65. The Morgan fingerprint density at radius 3 is 2.64 bits per heavy atom. The summed E-state index contributed by atoms with van der Waals surface area (Å²) in [5, 5.41) is 3.44. The average Bonchev–Trinajstić information content (AvgIpc) is 2.81. The van der Waals surface area contributed by atoms with Crippen LogP contribution in [0, 0.1) is 11.8 Å². The van der Waals surface area contributed by atoms with Gasteiger partial charge in [-0.3, -0.25) is 0 Å². The molecule has 0 aromatic heterocycles. The van der Waals surface area contributed by atoms with Gasteiger partial charge in [0.15, 0.2) is 0 Å². The van der Waals surface area contributed by atoms with Gasteiger partial charge in [-0.1, -0.05) is 19.9 Å². The summed E-state index contributed by atoms with van der Waals surface area (Å²) in [7, 11) is 0. The van der Waals surface area contributed by atoms with Gasteiger partial charge in [0, 0.05) is 6.04 Å². The van der Waals surface area contributed by atoms with Crippen molar-refractivity contribution in [1.29, 1.82) is 0 Å². The van der Waals surface area contributed by atoms with E-state index in [0.717, 1.165) is 18.4 Å². The molecule has 0 amide bonds. The third-order valence-electron chi connectivity index (χ3n) is 2.63. The lowest BCUT2D eigenvalue weighted by molar-refractivity contribution is 0.399. The van der Waals surface area contributed by atoms with Crippen LogP contribution in [0.2, 0.25) is 0 Å². The van der Waals surface area contributed by atoms with Crippen molar-refractivity contribution in [1.82, 2.24) is 5.32 Å². The lowest BCUT2D eigenvalue weighted by atomic mass is 9.97. The molecule has 0 saturated heterocycles. The molecule has 64 valence electrons. The quantitative estimate of drug-likeness (QED) is 0.597. The van der Waals surface area contributed by atoms with Gasteiger partial charge in [0.1, 0.15) is 0 Å². The van der Waals surface area contributed by atoms with E-state index in [0.29, 0.717) is 6.04 Å².